The number of nitrogens with zero attached hydrogens (tertiary/aromatic N) is 3. The Bertz CT molecular complexity index is 958. The Morgan fingerprint density at radius 1 is 1.21 bits per heavy atom. The van der Waals surface area contributed by atoms with Gasteiger partial charge in [-0.2, -0.15) is 9.29 Å². The number of hydrogen-bond acceptors (Lipinski definition) is 7. The van der Waals surface area contributed by atoms with Crippen LogP contribution < -0.4 is 10.1 Å². The summed E-state index contributed by atoms with van der Waals surface area (Å²) in [6, 6.07) is 7.71. The summed E-state index contributed by atoms with van der Waals surface area (Å²) >= 11 is 0. The summed E-state index contributed by atoms with van der Waals surface area (Å²) in [6.07, 6.45) is 0.532. The average Bonchev–Trinajstić information content (AvgIpc) is 2.67. The number of nitrogens with one attached hydrogen (secondary N) is 1. The van der Waals surface area contributed by atoms with Gasteiger partial charge in [0, 0.05) is 24.0 Å². The molecule has 0 bridgehead atoms. The molecule has 0 unspecified atom stereocenters. The summed E-state index contributed by atoms with van der Waals surface area (Å²) in [5.41, 5.74) is 1.25. The summed E-state index contributed by atoms with van der Waals surface area (Å²) in [6.45, 7) is 4.31. The molecule has 1 fully saturated rings. The molecular weight excluding hydrogens is 396 g/mol. The zero-order chi connectivity index (χ0) is 21.0. The highest BCUT2D eigenvalue weighted by atomic mass is 32.2. The Kier molecular flexibility index (Phi) is 6.33. The van der Waals surface area contributed by atoms with Crippen LogP contribution in [0.5, 0.6) is 5.88 Å². The van der Waals surface area contributed by atoms with Crippen LogP contribution in [0.4, 0.5) is 10.5 Å². The van der Waals surface area contributed by atoms with Gasteiger partial charge in [-0.1, -0.05) is 0 Å². The molecule has 1 amide bonds. The molecule has 2 aromatic rings. The molecule has 0 spiro atoms. The van der Waals surface area contributed by atoms with Gasteiger partial charge in [-0.15, -0.1) is 0 Å². The smallest absolute Gasteiger partial charge is 0.411 e. The van der Waals surface area contributed by atoms with E-state index in [1.54, 1.807) is 13.0 Å². The van der Waals surface area contributed by atoms with Gasteiger partial charge in [0.15, 0.2) is 0 Å². The molecule has 1 aliphatic heterocycles. The van der Waals surface area contributed by atoms with Crippen molar-refractivity contribution in [1.29, 1.82) is 0 Å². The van der Waals surface area contributed by atoms with Crippen molar-refractivity contribution in [3.63, 3.8) is 0 Å². The molecule has 1 aliphatic rings. The van der Waals surface area contributed by atoms with Crippen LogP contribution in [0.15, 0.2) is 35.2 Å². The summed E-state index contributed by atoms with van der Waals surface area (Å²) in [5, 5.41) is 2.49. The van der Waals surface area contributed by atoms with E-state index >= 15 is 0 Å². The zero-order valence-corrected chi connectivity index (χ0v) is 17.4. The predicted molar refractivity (Wildman–Crippen MR) is 106 cm³/mol. The number of rotatable bonds is 5. The minimum Gasteiger partial charge on any atom is -0.473 e. The maximum atomic E-state index is 13.0. The molecular formula is C19H24N4O5S. The van der Waals surface area contributed by atoms with Gasteiger partial charge in [0.2, 0.25) is 15.9 Å². The minimum absolute atomic E-state index is 0.155. The van der Waals surface area contributed by atoms with Gasteiger partial charge in [0.05, 0.1) is 18.6 Å². The molecule has 1 saturated heterocycles. The van der Waals surface area contributed by atoms with Gasteiger partial charge in [0.25, 0.3) is 0 Å². The van der Waals surface area contributed by atoms with Gasteiger partial charge < -0.3 is 9.47 Å². The standard InChI is InChI=1S/C19H24N4O5S/c1-13-11-18(21-14(2)20-13)28-16-5-4-10-23(12-16)29(25,26)17-8-6-15(7-9-17)22-19(24)27-3/h6-9,11,16H,4-5,10,12H2,1-3H3,(H,22,24)/t16-/m0/s1. The van der Waals surface area contributed by atoms with E-state index in [-0.39, 0.29) is 17.5 Å². The highest BCUT2D eigenvalue weighted by Gasteiger charge is 2.31. The van der Waals surface area contributed by atoms with Crippen molar-refractivity contribution in [3.8, 4) is 5.88 Å². The second-order valence-electron chi connectivity index (χ2n) is 6.78. The number of ether oxygens (including phenoxy) is 2. The number of anilines is 1. The second-order valence-corrected chi connectivity index (χ2v) is 8.72. The van der Waals surface area contributed by atoms with Crippen LogP contribution >= 0.6 is 0 Å². The van der Waals surface area contributed by atoms with Crippen molar-refractivity contribution in [2.45, 2.75) is 37.7 Å². The second kappa shape index (κ2) is 8.75. The van der Waals surface area contributed by atoms with E-state index in [4.69, 9.17) is 4.74 Å². The van der Waals surface area contributed by atoms with Gasteiger partial charge in [-0.25, -0.2) is 18.2 Å². The van der Waals surface area contributed by atoms with Crippen molar-refractivity contribution in [3.05, 3.63) is 41.9 Å². The number of piperidine rings is 1. The lowest BCUT2D eigenvalue weighted by Gasteiger charge is -2.31. The van der Waals surface area contributed by atoms with Crippen LogP contribution in [0, 0.1) is 13.8 Å². The lowest BCUT2D eigenvalue weighted by Crippen LogP contribution is -2.44. The first-order valence-electron chi connectivity index (χ1n) is 9.22. The van der Waals surface area contributed by atoms with Crippen molar-refractivity contribution in [2.75, 3.05) is 25.5 Å². The van der Waals surface area contributed by atoms with E-state index in [1.807, 2.05) is 6.92 Å². The summed E-state index contributed by atoms with van der Waals surface area (Å²) < 4.78 is 37.9. The summed E-state index contributed by atoms with van der Waals surface area (Å²) in [5.74, 6) is 1.07. The molecule has 2 heterocycles. The normalized spacial score (nSPS) is 17.6. The Morgan fingerprint density at radius 2 is 1.93 bits per heavy atom. The van der Waals surface area contributed by atoms with Gasteiger partial charge >= 0.3 is 6.09 Å². The van der Waals surface area contributed by atoms with E-state index in [1.165, 1.54) is 35.7 Å². The third kappa shape index (κ3) is 5.21. The fourth-order valence-electron chi connectivity index (χ4n) is 3.16. The quantitative estimate of drug-likeness (QED) is 0.791. The van der Waals surface area contributed by atoms with Crippen LogP contribution in [0.3, 0.4) is 0 Å². The minimum atomic E-state index is -3.68. The maximum Gasteiger partial charge on any atom is 0.411 e. The fraction of sp³-hybridized carbons (Fsp3) is 0.421. The van der Waals surface area contributed by atoms with E-state index in [0.29, 0.717) is 30.4 Å². The first kappa shape index (κ1) is 21.0. The Labute approximate surface area is 170 Å². The number of benzene rings is 1. The SMILES string of the molecule is COC(=O)Nc1ccc(S(=O)(=O)N2CCC[C@H](Oc3cc(C)nc(C)n3)C2)cc1. The van der Waals surface area contributed by atoms with Crippen LogP contribution in [-0.4, -0.2) is 55.1 Å². The maximum absolute atomic E-state index is 13.0. The van der Waals surface area contributed by atoms with E-state index in [0.717, 1.165) is 12.1 Å². The van der Waals surface area contributed by atoms with Crippen LogP contribution in [-0.2, 0) is 14.8 Å². The largest absolute Gasteiger partial charge is 0.473 e. The molecule has 0 aliphatic carbocycles. The lowest BCUT2D eigenvalue weighted by atomic mass is 10.1. The monoisotopic (exact) mass is 420 g/mol. The Balaban J connectivity index is 1.70. The molecule has 1 N–H and O–H groups in total. The number of amides is 1. The molecule has 29 heavy (non-hydrogen) atoms. The van der Waals surface area contributed by atoms with Crippen LogP contribution in [0.25, 0.3) is 0 Å². The molecule has 0 radical (unpaired) electrons. The number of aromatic nitrogens is 2. The number of hydrogen-bond donors (Lipinski definition) is 1. The van der Waals surface area contributed by atoms with E-state index in [2.05, 4.69) is 20.0 Å². The predicted octanol–water partition coefficient (Wildman–Crippen LogP) is 2.50. The van der Waals surface area contributed by atoms with E-state index < -0.39 is 16.1 Å². The molecule has 10 heteroatoms. The Hall–Kier alpha value is -2.72. The molecule has 1 aromatic carbocycles. The Morgan fingerprint density at radius 3 is 2.59 bits per heavy atom. The van der Waals surface area contributed by atoms with Crippen molar-refractivity contribution in [2.24, 2.45) is 0 Å². The lowest BCUT2D eigenvalue weighted by molar-refractivity contribution is 0.124. The summed E-state index contributed by atoms with van der Waals surface area (Å²) in [7, 11) is -2.42. The van der Waals surface area contributed by atoms with Crippen LogP contribution in [0.2, 0.25) is 0 Å². The molecule has 1 aromatic heterocycles. The number of methoxy groups -OCH3 is 1. The first-order chi connectivity index (χ1) is 13.8. The van der Waals surface area contributed by atoms with Crippen molar-refractivity contribution < 1.29 is 22.7 Å². The molecule has 156 valence electrons. The fourth-order valence-corrected chi connectivity index (χ4v) is 4.67. The zero-order valence-electron chi connectivity index (χ0n) is 16.6. The average molecular weight is 420 g/mol. The highest BCUT2D eigenvalue weighted by molar-refractivity contribution is 7.89. The topological polar surface area (TPSA) is 111 Å². The molecule has 1 atom stereocenters. The number of carbonyl (C=O) groups excluding carboxylic acids is 1. The molecule has 9 nitrogen and oxygen atoms in total. The van der Waals surface area contributed by atoms with Crippen LogP contribution in [0.1, 0.15) is 24.4 Å². The number of aryl methyl sites for hydroxylation is 2. The third-order valence-electron chi connectivity index (χ3n) is 4.49. The molecule has 0 saturated carbocycles. The van der Waals surface area contributed by atoms with Crippen molar-refractivity contribution >= 4 is 21.8 Å². The third-order valence-corrected chi connectivity index (χ3v) is 6.37. The van der Waals surface area contributed by atoms with Gasteiger partial charge in [0.1, 0.15) is 11.9 Å². The van der Waals surface area contributed by atoms with Gasteiger partial charge in [-0.05, 0) is 51.0 Å². The number of sulfonamides is 1. The van der Waals surface area contributed by atoms with Gasteiger partial charge in [-0.3, -0.25) is 5.32 Å². The summed E-state index contributed by atoms with van der Waals surface area (Å²) in [4.78, 5) is 19.9. The van der Waals surface area contributed by atoms with E-state index in [9.17, 15) is 13.2 Å². The number of carbonyl (C=O) groups is 1. The van der Waals surface area contributed by atoms with Crippen molar-refractivity contribution in [1.82, 2.24) is 14.3 Å². The molecule has 3 rings (SSSR count). The highest BCUT2D eigenvalue weighted by Crippen LogP contribution is 2.24. The first-order valence-corrected chi connectivity index (χ1v) is 10.7.